The number of hydrogen-bond acceptors (Lipinski definition) is 3. The molecule has 3 heteroatoms. The lowest BCUT2D eigenvalue weighted by Gasteiger charge is -2.27. The molecule has 4 aromatic rings. The van der Waals surface area contributed by atoms with Gasteiger partial charge in [0.05, 0.1) is 6.54 Å². The van der Waals surface area contributed by atoms with Crippen LogP contribution in [0.4, 0.5) is 0 Å². The Labute approximate surface area is 189 Å². The molecule has 1 aliphatic rings. The highest BCUT2D eigenvalue weighted by atomic mass is 16.4. The molecule has 1 aromatic heterocycles. The maximum absolute atomic E-state index is 11.9. The molecule has 0 atom stereocenters. The van der Waals surface area contributed by atoms with E-state index in [1.807, 2.05) is 72.8 Å². The van der Waals surface area contributed by atoms with Crippen molar-refractivity contribution in [3.05, 3.63) is 131 Å². The topological polar surface area (TPSA) is 36.6 Å². The Morgan fingerprint density at radius 3 is 1.94 bits per heavy atom. The summed E-state index contributed by atoms with van der Waals surface area (Å²) in [5.41, 5.74) is 2.86. The van der Waals surface area contributed by atoms with Crippen LogP contribution in [0.2, 0.25) is 0 Å². The van der Waals surface area contributed by atoms with Crippen molar-refractivity contribution in [2.45, 2.75) is 44.5 Å². The van der Waals surface area contributed by atoms with Gasteiger partial charge in [-0.05, 0) is 48.6 Å². The van der Waals surface area contributed by atoms with Crippen molar-refractivity contribution in [1.82, 2.24) is 4.90 Å². The molecule has 1 aliphatic carbocycles. The molecule has 32 heavy (non-hydrogen) atoms. The largest absolute Gasteiger partial charge is 0.461 e. The zero-order chi connectivity index (χ0) is 22.0. The Balaban J connectivity index is 1.43. The lowest BCUT2D eigenvalue weighted by Crippen LogP contribution is -2.28. The number of hydrogen-bond donors (Lipinski definition) is 1. The van der Waals surface area contributed by atoms with Gasteiger partial charge in [0.2, 0.25) is 0 Å². The molecule has 0 bridgehead atoms. The van der Waals surface area contributed by atoms with Crippen LogP contribution < -0.4 is 0 Å². The molecule has 0 unspecified atom stereocenters. The van der Waals surface area contributed by atoms with Crippen molar-refractivity contribution in [3.8, 4) is 0 Å². The number of furan rings is 1. The average molecular weight is 424 g/mol. The minimum absolute atomic E-state index is 0.552. The molecule has 0 aliphatic heterocycles. The molecule has 1 saturated carbocycles. The van der Waals surface area contributed by atoms with E-state index >= 15 is 0 Å². The lowest BCUT2D eigenvalue weighted by atomic mass is 9.84. The van der Waals surface area contributed by atoms with Gasteiger partial charge in [0.1, 0.15) is 11.5 Å². The second-order valence-corrected chi connectivity index (χ2v) is 8.83. The normalized spacial score (nSPS) is 14.1. The van der Waals surface area contributed by atoms with Gasteiger partial charge < -0.3 is 9.52 Å². The van der Waals surface area contributed by atoms with Crippen LogP contribution in [0.3, 0.4) is 0 Å². The molecule has 5 rings (SSSR count). The minimum atomic E-state index is -1.33. The SMILES string of the molecule is Cc1ccc(CN(Cc2ccc(C(O)(c3ccccc3)c3ccccc3)o2)C2CC2)cc1. The first-order valence-electron chi connectivity index (χ1n) is 11.3. The van der Waals surface area contributed by atoms with E-state index in [0.29, 0.717) is 11.8 Å². The Morgan fingerprint density at radius 2 is 1.38 bits per heavy atom. The number of benzene rings is 3. The first-order valence-corrected chi connectivity index (χ1v) is 11.3. The van der Waals surface area contributed by atoms with Crippen LogP contribution in [0.15, 0.2) is 101 Å². The molecule has 0 amide bonds. The quantitative estimate of drug-likeness (QED) is 0.375. The summed E-state index contributed by atoms with van der Waals surface area (Å²) < 4.78 is 6.33. The molecule has 162 valence electrons. The summed E-state index contributed by atoms with van der Waals surface area (Å²) in [6, 6.07) is 32.8. The Kier molecular flexibility index (Phi) is 5.69. The number of aliphatic hydroxyl groups is 1. The Morgan fingerprint density at radius 1 is 0.781 bits per heavy atom. The van der Waals surface area contributed by atoms with Crippen LogP contribution in [-0.2, 0) is 18.7 Å². The molecule has 3 nitrogen and oxygen atoms in total. The standard InChI is InChI=1S/C29H29NO2/c1-22-12-14-23(15-13-22)20-30(26-16-17-26)21-27-18-19-28(32-27)29(31,24-8-4-2-5-9-24)25-10-6-3-7-11-25/h2-15,18-19,26,31H,16-17,20-21H2,1H3. The third kappa shape index (κ3) is 4.27. The molecular weight excluding hydrogens is 394 g/mol. The third-order valence-corrected chi connectivity index (χ3v) is 6.33. The van der Waals surface area contributed by atoms with Gasteiger partial charge in [0, 0.05) is 12.6 Å². The second kappa shape index (κ2) is 8.78. The highest BCUT2D eigenvalue weighted by Gasteiger charge is 2.37. The summed E-state index contributed by atoms with van der Waals surface area (Å²) in [7, 11) is 0. The van der Waals surface area contributed by atoms with E-state index in [1.165, 1.54) is 24.0 Å². The molecular formula is C29H29NO2. The van der Waals surface area contributed by atoms with E-state index in [9.17, 15) is 5.11 Å². The van der Waals surface area contributed by atoms with E-state index in [-0.39, 0.29) is 0 Å². The molecule has 0 radical (unpaired) electrons. The summed E-state index contributed by atoms with van der Waals surface area (Å²) in [4.78, 5) is 2.48. The maximum atomic E-state index is 11.9. The van der Waals surface area contributed by atoms with Gasteiger partial charge in [-0.25, -0.2) is 0 Å². The Hall–Kier alpha value is -3.14. The fourth-order valence-corrected chi connectivity index (χ4v) is 4.35. The van der Waals surface area contributed by atoms with Crippen LogP contribution in [-0.4, -0.2) is 16.0 Å². The maximum Gasteiger partial charge on any atom is 0.173 e. The van der Waals surface area contributed by atoms with Gasteiger partial charge >= 0.3 is 0 Å². The predicted octanol–water partition coefficient (Wildman–Crippen LogP) is 6.04. The van der Waals surface area contributed by atoms with Crippen LogP contribution >= 0.6 is 0 Å². The molecule has 3 aromatic carbocycles. The van der Waals surface area contributed by atoms with Crippen molar-refractivity contribution in [1.29, 1.82) is 0 Å². The summed E-state index contributed by atoms with van der Waals surface area (Å²) in [5, 5.41) is 11.9. The summed E-state index contributed by atoms with van der Waals surface area (Å²) in [6.45, 7) is 3.76. The second-order valence-electron chi connectivity index (χ2n) is 8.83. The van der Waals surface area contributed by atoms with E-state index in [4.69, 9.17) is 4.42 Å². The smallest absolute Gasteiger partial charge is 0.173 e. The monoisotopic (exact) mass is 423 g/mol. The highest BCUT2D eigenvalue weighted by Crippen LogP contribution is 2.38. The third-order valence-electron chi connectivity index (χ3n) is 6.33. The zero-order valence-electron chi connectivity index (χ0n) is 18.4. The van der Waals surface area contributed by atoms with Crippen LogP contribution in [0.1, 0.15) is 46.6 Å². The van der Waals surface area contributed by atoms with E-state index in [0.717, 1.165) is 30.0 Å². The fourth-order valence-electron chi connectivity index (χ4n) is 4.35. The first kappa shape index (κ1) is 20.7. The molecule has 1 N–H and O–H groups in total. The van der Waals surface area contributed by atoms with Crippen LogP contribution in [0.25, 0.3) is 0 Å². The van der Waals surface area contributed by atoms with Crippen molar-refractivity contribution < 1.29 is 9.52 Å². The van der Waals surface area contributed by atoms with Crippen molar-refractivity contribution in [3.63, 3.8) is 0 Å². The van der Waals surface area contributed by atoms with Gasteiger partial charge in [-0.15, -0.1) is 0 Å². The van der Waals surface area contributed by atoms with Crippen LogP contribution in [0, 0.1) is 6.92 Å². The van der Waals surface area contributed by atoms with Crippen molar-refractivity contribution >= 4 is 0 Å². The first-order chi connectivity index (χ1) is 15.6. The van der Waals surface area contributed by atoms with Crippen molar-refractivity contribution in [2.75, 3.05) is 0 Å². The van der Waals surface area contributed by atoms with Gasteiger partial charge in [0.15, 0.2) is 5.60 Å². The zero-order valence-corrected chi connectivity index (χ0v) is 18.4. The van der Waals surface area contributed by atoms with E-state index < -0.39 is 5.60 Å². The van der Waals surface area contributed by atoms with Crippen LogP contribution in [0.5, 0.6) is 0 Å². The molecule has 0 spiro atoms. The number of nitrogens with zero attached hydrogens (tertiary/aromatic N) is 1. The van der Waals surface area contributed by atoms with E-state index in [2.05, 4.69) is 36.1 Å². The summed E-state index contributed by atoms with van der Waals surface area (Å²) in [6.07, 6.45) is 2.47. The Bertz CT molecular complexity index is 1110. The average Bonchev–Trinajstić information content (AvgIpc) is 3.59. The molecule has 0 saturated heterocycles. The van der Waals surface area contributed by atoms with Gasteiger partial charge in [0.25, 0.3) is 0 Å². The van der Waals surface area contributed by atoms with Gasteiger partial charge in [-0.1, -0.05) is 90.5 Å². The lowest BCUT2D eigenvalue weighted by molar-refractivity contribution is 0.0950. The van der Waals surface area contributed by atoms with E-state index in [1.54, 1.807) is 0 Å². The number of aryl methyl sites for hydroxylation is 1. The van der Waals surface area contributed by atoms with Crippen molar-refractivity contribution in [2.24, 2.45) is 0 Å². The highest BCUT2D eigenvalue weighted by molar-refractivity contribution is 5.43. The van der Waals surface area contributed by atoms with Gasteiger partial charge in [-0.3, -0.25) is 4.90 Å². The fraction of sp³-hybridized carbons (Fsp3) is 0.241. The molecule has 1 fully saturated rings. The minimum Gasteiger partial charge on any atom is -0.461 e. The predicted molar refractivity (Wildman–Crippen MR) is 127 cm³/mol. The summed E-state index contributed by atoms with van der Waals surface area (Å²) >= 11 is 0. The summed E-state index contributed by atoms with van der Waals surface area (Å²) in [5.74, 6) is 1.43. The van der Waals surface area contributed by atoms with Gasteiger partial charge in [-0.2, -0.15) is 0 Å². The molecule has 1 heterocycles. The number of rotatable bonds is 8.